The summed E-state index contributed by atoms with van der Waals surface area (Å²) >= 11 is 0. The molecule has 5 heteroatoms. The van der Waals surface area contributed by atoms with Gasteiger partial charge in [-0.2, -0.15) is 5.26 Å². The van der Waals surface area contributed by atoms with Crippen LogP contribution in [-0.4, -0.2) is 19.5 Å². The molecule has 0 unspecified atom stereocenters. The van der Waals surface area contributed by atoms with Gasteiger partial charge in [0.25, 0.3) is 0 Å². The van der Waals surface area contributed by atoms with Crippen molar-refractivity contribution in [3.05, 3.63) is 78.4 Å². The van der Waals surface area contributed by atoms with Crippen LogP contribution >= 0.6 is 0 Å². The minimum Gasteiger partial charge on any atom is -0.309 e. The van der Waals surface area contributed by atoms with Crippen molar-refractivity contribution in [3.63, 3.8) is 0 Å². The van der Waals surface area contributed by atoms with E-state index in [2.05, 4.69) is 27.1 Å². The largest absolute Gasteiger partial charge is 0.309 e. The van der Waals surface area contributed by atoms with E-state index in [-0.39, 0.29) is 0 Å². The van der Waals surface area contributed by atoms with E-state index in [0.717, 1.165) is 22.4 Å². The van der Waals surface area contributed by atoms with Gasteiger partial charge in [0.1, 0.15) is 11.6 Å². The van der Waals surface area contributed by atoms with Crippen molar-refractivity contribution in [2.24, 2.45) is 0 Å². The van der Waals surface area contributed by atoms with Gasteiger partial charge >= 0.3 is 0 Å². The Labute approximate surface area is 138 Å². The molecule has 0 saturated heterocycles. The first kappa shape index (κ1) is 14.1. The summed E-state index contributed by atoms with van der Waals surface area (Å²) in [6.45, 7) is 0.547. The number of rotatable bonds is 3. The number of hydrogen-bond donors (Lipinski definition) is 0. The van der Waals surface area contributed by atoms with Crippen LogP contribution in [0, 0.1) is 17.4 Å². The SMILES string of the molecule is N#Cc1ccc(Cn2cnc3cccnc32)nc1-c1cc[c]cc1. The van der Waals surface area contributed by atoms with E-state index in [9.17, 15) is 5.26 Å². The van der Waals surface area contributed by atoms with E-state index in [4.69, 9.17) is 0 Å². The van der Waals surface area contributed by atoms with Crippen molar-refractivity contribution in [2.75, 3.05) is 0 Å². The zero-order chi connectivity index (χ0) is 16.4. The molecule has 0 N–H and O–H groups in total. The van der Waals surface area contributed by atoms with Gasteiger partial charge in [-0.25, -0.2) is 15.0 Å². The highest BCUT2D eigenvalue weighted by atomic mass is 15.1. The molecular formula is C19H12N5. The molecule has 4 aromatic rings. The second kappa shape index (κ2) is 5.94. The Balaban J connectivity index is 1.76. The molecule has 0 saturated carbocycles. The number of nitriles is 1. The maximum absolute atomic E-state index is 9.35. The zero-order valence-electron chi connectivity index (χ0n) is 12.7. The lowest BCUT2D eigenvalue weighted by atomic mass is 10.1. The fourth-order valence-electron chi connectivity index (χ4n) is 2.63. The highest BCUT2D eigenvalue weighted by Gasteiger charge is 2.10. The molecule has 1 aromatic carbocycles. The molecule has 0 bridgehead atoms. The fourth-order valence-corrected chi connectivity index (χ4v) is 2.63. The molecule has 0 aliphatic carbocycles. The van der Waals surface area contributed by atoms with Crippen molar-refractivity contribution < 1.29 is 0 Å². The lowest BCUT2D eigenvalue weighted by molar-refractivity contribution is 0.789. The number of benzene rings is 1. The standard InChI is InChI=1S/C19H12N5/c20-11-15-8-9-16(23-18(15)14-5-2-1-3-6-14)12-24-13-22-17-7-4-10-21-19(17)24/h2-10,13H,12H2. The van der Waals surface area contributed by atoms with Crippen LogP contribution < -0.4 is 0 Å². The predicted molar refractivity (Wildman–Crippen MR) is 89.9 cm³/mol. The van der Waals surface area contributed by atoms with E-state index < -0.39 is 0 Å². The first-order chi connectivity index (χ1) is 11.8. The van der Waals surface area contributed by atoms with Crippen molar-refractivity contribution in [1.82, 2.24) is 19.5 Å². The maximum atomic E-state index is 9.35. The Morgan fingerprint density at radius 1 is 1.08 bits per heavy atom. The summed E-state index contributed by atoms with van der Waals surface area (Å²) in [5.74, 6) is 0. The second-order valence-electron chi connectivity index (χ2n) is 5.32. The monoisotopic (exact) mass is 310 g/mol. The summed E-state index contributed by atoms with van der Waals surface area (Å²) in [5.41, 5.74) is 4.66. The van der Waals surface area contributed by atoms with Gasteiger partial charge in [0.15, 0.2) is 5.65 Å². The van der Waals surface area contributed by atoms with Crippen LogP contribution in [0.1, 0.15) is 11.3 Å². The minimum absolute atomic E-state index is 0.547. The highest BCUT2D eigenvalue weighted by Crippen LogP contribution is 2.22. The van der Waals surface area contributed by atoms with Crippen LogP contribution in [-0.2, 0) is 6.54 Å². The molecule has 0 aliphatic heterocycles. The number of hydrogen-bond acceptors (Lipinski definition) is 4. The third-order valence-corrected chi connectivity index (χ3v) is 3.77. The van der Waals surface area contributed by atoms with Gasteiger partial charge in [-0.15, -0.1) is 0 Å². The quantitative estimate of drug-likeness (QED) is 0.582. The number of pyridine rings is 2. The van der Waals surface area contributed by atoms with Crippen molar-refractivity contribution in [3.8, 4) is 17.3 Å². The van der Waals surface area contributed by atoms with Crippen LogP contribution in [0.4, 0.5) is 0 Å². The van der Waals surface area contributed by atoms with Crippen LogP contribution in [0.15, 0.2) is 61.1 Å². The van der Waals surface area contributed by atoms with E-state index in [1.807, 2.05) is 47.0 Å². The van der Waals surface area contributed by atoms with Crippen LogP contribution in [0.3, 0.4) is 0 Å². The minimum atomic E-state index is 0.547. The number of imidazole rings is 1. The fraction of sp³-hybridized carbons (Fsp3) is 0.0526. The number of aromatic nitrogens is 4. The summed E-state index contributed by atoms with van der Waals surface area (Å²) in [6.07, 6.45) is 3.51. The van der Waals surface area contributed by atoms with Crippen molar-refractivity contribution >= 4 is 11.2 Å². The second-order valence-corrected chi connectivity index (χ2v) is 5.32. The molecule has 0 spiro atoms. The lowest BCUT2D eigenvalue weighted by Crippen LogP contribution is -2.03. The third kappa shape index (κ3) is 2.50. The van der Waals surface area contributed by atoms with Gasteiger partial charge in [-0.1, -0.05) is 24.3 Å². The molecule has 1 radical (unpaired) electrons. The first-order valence-electron chi connectivity index (χ1n) is 7.47. The first-order valence-corrected chi connectivity index (χ1v) is 7.47. The molecule has 0 aliphatic rings. The molecule has 0 atom stereocenters. The molecule has 3 aromatic heterocycles. The molecule has 113 valence electrons. The van der Waals surface area contributed by atoms with Gasteiger partial charge in [-0.05, 0) is 30.3 Å². The van der Waals surface area contributed by atoms with Gasteiger partial charge < -0.3 is 4.57 Å². The van der Waals surface area contributed by atoms with E-state index in [0.29, 0.717) is 17.8 Å². The van der Waals surface area contributed by atoms with Gasteiger partial charge in [0.2, 0.25) is 0 Å². The smallest absolute Gasteiger partial charge is 0.160 e. The Morgan fingerprint density at radius 2 is 1.96 bits per heavy atom. The molecule has 5 nitrogen and oxygen atoms in total. The van der Waals surface area contributed by atoms with Crippen LogP contribution in [0.2, 0.25) is 0 Å². The normalized spacial score (nSPS) is 10.6. The van der Waals surface area contributed by atoms with E-state index >= 15 is 0 Å². The third-order valence-electron chi connectivity index (χ3n) is 3.77. The molecule has 24 heavy (non-hydrogen) atoms. The van der Waals surface area contributed by atoms with Gasteiger partial charge in [0, 0.05) is 11.8 Å². The average Bonchev–Trinajstić information content (AvgIpc) is 3.05. The van der Waals surface area contributed by atoms with Gasteiger partial charge in [-0.3, -0.25) is 0 Å². The van der Waals surface area contributed by atoms with E-state index in [1.54, 1.807) is 18.6 Å². The number of nitrogens with zero attached hydrogens (tertiary/aromatic N) is 5. The molecule has 3 heterocycles. The number of fused-ring (bicyclic) bond motifs is 1. The van der Waals surface area contributed by atoms with Crippen molar-refractivity contribution in [1.29, 1.82) is 5.26 Å². The summed E-state index contributed by atoms with van der Waals surface area (Å²) in [6, 6.07) is 20.1. The Kier molecular flexibility index (Phi) is 3.49. The maximum Gasteiger partial charge on any atom is 0.160 e. The molecule has 0 fully saturated rings. The van der Waals surface area contributed by atoms with Crippen molar-refractivity contribution in [2.45, 2.75) is 6.54 Å². The Hall–Kier alpha value is -3.52. The zero-order valence-corrected chi connectivity index (χ0v) is 12.7. The molecule has 4 rings (SSSR count). The topological polar surface area (TPSA) is 67.4 Å². The van der Waals surface area contributed by atoms with Crippen LogP contribution in [0.25, 0.3) is 22.4 Å². The summed E-state index contributed by atoms with van der Waals surface area (Å²) in [7, 11) is 0. The summed E-state index contributed by atoms with van der Waals surface area (Å²) in [5, 5.41) is 9.35. The molecule has 0 amide bonds. The highest BCUT2D eigenvalue weighted by molar-refractivity contribution is 5.70. The molecular weight excluding hydrogens is 298 g/mol. The van der Waals surface area contributed by atoms with Gasteiger partial charge in [0.05, 0.1) is 29.8 Å². The average molecular weight is 310 g/mol. The Bertz CT molecular complexity index is 1040. The summed E-state index contributed by atoms with van der Waals surface area (Å²) < 4.78 is 1.95. The van der Waals surface area contributed by atoms with Crippen LogP contribution in [0.5, 0.6) is 0 Å². The summed E-state index contributed by atoms with van der Waals surface area (Å²) in [4.78, 5) is 13.4. The lowest BCUT2D eigenvalue weighted by Gasteiger charge is -2.08. The Morgan fingerprint density at radius 3 is 2.79 bits per heavy atom. The van der Waals surface area contributed by atoms with E-state index in [1.165, 1.54) is 0 Å². The predicted octanol–water partition coefficient (Wildman–Crippen LogP) is 3.21.